The smallest absolute Gasteiger partial charge is 0.238 e. The molecule has 2 aliphatic rings. The van der Waals surface area contributed by atoms with Crippen molar-refractivity contribution in [3.05, 3.63) is 59.7 Å². The van der Waals surface area contributed by atoms with Crippen molar-refractivity contribution < 1.29 is 13.2 Å². The number of carbonyl (C=O) groups is 1. The molecule has 188 valence electrons. The van der Waals surface area contributed by atoms with Crippen molar-refractivity contribution in [3.8, 4) is 11.5 Å². The van der Waals surface area contributed by atoms with Gasteiger partial charge in [0.2, 0.25) is 15.9 Å². The molecule has 0 aromatic carbocycles. The van der Waals surface area contributed by atoms with Crippen molar-refractivity contribution in [2.24, 2.45) is 5.92 Å². The maximum absolute atomic E-state index is 12.3. The topological polar surface area (TPSA) is 121 Å². The summed E-state index contributed by atoms with van der Waals surface area (Å²) in [6.45, 7) is 6.00. The third-order valence-corrected chi connectivity index (χ3v) is 7.30. The van der Waals surface area contributed by atoms with Crippen molar-refractivity contribution in [2.45, 2.75) is 32.7 Å². The number of hydrogen-bond acceptors (Lipinski definition) is 9. The van der Waals surface area contributed by atoms with Crippen LogP contribution in [0.2, 0.25) is 0 Å². The number of amides is 1. The highest BCUT2D eigenvalue weighted by Gasteiger charge is 2.31. The van der Waals surface area contributed by atoms with Crippen molar-refractivity contribution in [2.75, 3.05) is 35.7 Å². The zero-order valence-corrected chi connectivity index (χ0v) is 21.4. The summed E-state index contributed by atoms with van der Waals surface area (Å²) in [4.78, 5) is 35.3. The SMILES string of the molecule is Cc1cc(N2CCC(C(=O)NS(C)(=O)=O)C2)cc(N2CCc3nc(-c4ccccn4)ncc3C2C)n1. The number of pyridine rings is 2. The van der Waals surface area contributed by atoms with Crippen LogP contribution in [0.15, 0.2) is 42.7 Å². The summed E-state index contributed by atoms with van der Waals surface area (Å²) in [5, 5.41) is 0. The van der Waals surface area contributed by atoms with E-state index >= 15 is 0 Å². The number of hydrogen-bond donors (Lipinski definition) is 1. The molecule has 2 atom stereocenters. The zero-order valence-electron chi connectivity index (χ0n) is 20.5. The fourth-order valence-corrected chi connectivity index (χ4v) is 5.46. The average Bonchev–Trinajstić information content (AvgIpc) is 3.34. The van der Waals surface area contributed by atoms with Crippen LogP contribution in [0.5, 0.6) is 0 Å². The van der Waals surface area contributed by atoms with Gasteiger partial charge in [0.1, 0.15) is 11.5 Å². The molecule has 3 aromatic heterocycles. The fourth-order valence-electron chi connectivity index (χ4n) is 4.93. The molecule has 2 unspecified atom stereocenters. The molecule has 0 aliphatic carbocycles. The predicted octanol–water partition coefficient (Wildman–Crippen LogP) is 2.27. The van der Waals surface area contributed by atoms with Crippen LogP contribution in [0.25, 0.3) is 11.5 Å². The van der Waals surface area contributed by atoms with Gasteiger partial charge in [-0.15, -0.1) is 0 Å². The van der Waals surface area contributed by atoms with E-state index in [0.717, 1.165) is 53.4 Å². The lowest BCUT2D eigenvalue weighted by molar-refractivity contribution is -0.122. The maximum atomic E-state index is 12.3. The second-order valence-corrected chi connectivity index (χ2v) is 11.2. The lowest BCUT2D eigenvalue weighted by Crippen LogP contribution is -2.36. The first-order valence-corrected chi connectivity index (χ1v) is 13.9. The number of nitrogens with one attached hydrogen (secondary N) is 1. The van der Waals surface area contributed by atoms with E-state index in [0.29, 0.717) is 25.3 Å². The molecule has 1 amide bonds. The van der Waals surface area contributed by atoms with Crippen molar-refractivity contribution in [3.63, 3.8) is 0 Å². The van der Waals surface area contributed by atoms with Crippen LogP contribution >= 0.6 is 0 Å². The number of aryl methyl sites for hydroxylation is 1. The molecule has 1 N–H and O–H groups in total. The summed E-state index contributed by atoms with van der Waals surface area (Å²) in [5.74, 6) is 0.677. The molecule has 1 saturated heterocycles. The van der Waals surface area contributed by atoms with Crippen LogP contribution in [-0.4, -0.2) is 60.2 Å². The molecule has 0 radical (unpaired) electrons. The Kier molecular flexibility index (Phi) is 6.33. The molecule has 3 aromatic rings. The number of aromatic nitrogens is 4. The Hall–Kier alpha value is -3.60. The standard InChI is InChI=1S/C25H29N7O3S/c1-16-12-19(31-10-7-18(15-31)25(33)30-36(3,34)35)13-23(28-16)32-11-8-21-20(17(32)2)14-27-24(29-21)22-6-4-5-9-26-22/h4-6,9,12-14,17-18H,7-8,10-11,15H2,1-3H3,(H,30,33). The van der Waals surface area contributed by atoms with Gasteiger partial charge in [-0.3, -0.25) is 14.5 Å². The van der Waals surface area contributed by atoms with Gasteiger partial charge in [-0.2, -0.15) is 0 Å². The minimum atomic E-state index is -3.57. The zero-order chi connectivity index (χ0) is 25.4. The number of sulfonamides is 1. The molecule has 0 bridgehead atoms. The van der Waals surface area contributed by atoms with Crippen LogP contribution in [0.4, 0.5) is 11.5 Å². The van der Waals surface area contributed by atoms with Gasteiger partial charge in [0, 0.05) is 61.5 Å². The van der Waals surface area contributed by atoms with E-state index < -0.39 is 15.9 Å². The van der Waals surface area contributed by atoms with Crippen molar-refractivity contribution >= 4 is 27.4 Å². The van der Waals surface area contributed by atoms with E-state index in [-0.39, 0.29) is 12.0 Å². The maximum Gasteiger partial charge on any atom is 0.238 e. The van der Waals surface area contributed by atoms with Gasteiger partial charge in [-0.05, 0) is 38.5 Å². The van der Waals surface area contributed by atoms with Gasteiger partial charge in [0.15, 0.2) is 5.82 Å². The van der Waals surface area contributed by atoms with E-state index in [1.165, 1.54) is 0 Å². The van der Waals surface area contributed by atoms with E-state index in [1.807, 2.05) is 37.4 Å². The van der Waals surface area contributed by atoms with Crippen LogP contribution in [0.1, 0.15) is 36.3 Å². The van der Waals surface area contributed by atoms with E-state index in [2.05, 4.69) is 37.5 Å². The highest BCUT2D eigenvalue weighted by atomic mass is 32.2. The van der Waals surface area contributed by atoms with Crippen LogP contribution < -0.4 is 14.5 Å². The third kappa shape index (κ3) is 5.01. The monoisotopic (exact) mass is 507 g/mol. The summed E-state index contributed by atoms with van der Waals surface area (Å²) in [7, 11) is -3.57. The number of anilines is 2. The van der Waals surface area contributed by atoms with Crippen LogP contribution in [0.3, 0.4) is 0 Å². The largest absolute Gasteiger partial charge is 0.371 e. The Balaban J connectivity index is 1.35. The first kappa shape index (κ1) is 24.1. The van der Waals surface area contributed by atoms with Crippen LogP contribution in [-0.2, 0) is 21.2 Å². The van der Waals surface area contributed by atoms with Crippen molar-refractivity contribution in [1.82, 2.24) is 24.7 Å². The lowest BCUT2D eigenvalue weighted by atomic mass is 9.99. The number of fused-ring (bicyclic) bond motifs is 1. The Bertz CT molecular complexity index is 1400. The molecule has 5 rings (SSSR count). The number of nitrogens with zero attached hydrogens (tertiary/aromatic N) is 6. The summed E-state index contributed by atoms with van der Waals surface area (Å²) in [6, 6.07) is 9.81. The molecular weight excluding hydrogens is 478 g/mol. The van der Waals surface area contributed by atoms with E-state index in [4.69, 9.17) is 9.97 Å². The fraction of sp³-hybridized carbons (Fsp3) is 0.400. The van der Waals surface area contributed by atoms with Gasteiger partial charge in [0.25, 0.3) is 0 Å². The van der Waals surface area contributed by atoms with Gasteiger partial charge in [0.05, 0.1) is 23.9 Å². The summed E-state index contributed by atoms with van der Waals surface area (Å²) < 4.78 is 25.0. The normalized spacial score (nSPS) is 19.8. The van der Waals surface area contributed by atoms with E-state index in [1.54, 1.807) is 6.20 Å². The highest BCUT2D eigenvalue weighted by Crippen LogP contribution is 2.35. The Morgan fingerprint density at radius 2 is 1.97 bits per heavy atom. The molecule has 36 heavy (non-hydrogen) atoms. The predicted molar refractivity (Wildman–Crippen MR) is 137 cm³/mol. The molecule has 0 saturated carbocycles. The minimum absolute atomic E-state index is 0.0422. The number of carbonyl (C=O) groups excluding carboxylic acids is 1. The molecule has 2 aliphatic heterocycles. The average molecular weight is 508 g/mol. The molecule has 5 heterocycles. The van der Waals surface area contributed by atoms with Gasteiger partial charge < -0.3 is 9.80 Å². The molecule has 11 heteroatoms. The highest BCUT2D eigenvalue weighted by molar-refractivity contribution is 7.89. The van der Waals surface area contributed by atoms with Gasteiger partial charge in [-0.1, -0.05) is 6.07 Å². The number of rotatable bonds is 5. The molecule has 0 spiro atoms. The first-order chi connectivity index (χ1) is 17.2. The lowest BCUT2D eigenvalue weighted by Gasteiger charge is -2.36. The quantitative estimate of drug-likeness (QED) is 0.554. The molecule has 1 fully saturated rings. The summed E-state index contributed by atoms with van der Waals surface area (Å²) in [6.07, 6.45) is 6.00. The molecule has 10 nitrogen and oxygen atoms in total. The summed E-state index contributed by atoms with van der Waals surface area (Å²) >= 11 is 0. The van der Waals surface area contributed by atoms with Gasteiger partial charge in [-0.25, -0.2) is 23.4 Å². The Labute approximate surface area is 210 Å². The Morgan fingerprint density at radius 1 is 1.14 bits per heavy atom. The second kappa shape index (κ2) is 9.45. The molecular formula is C25H29N7O3S. The Morgan fingerprint density at radius 3 is 2.72 bits per heavy atom. The van der Waals surface area contributed by atoms with Gasteiger partial charge >= 0.3 is 0 Å². The summed E-state index contributed by atoms with van der Waals surface area (Å²) in [5.41, 5.74) is 4.72. The van der Waals surface area contributed by atoms with E-state index in [9.17, 15) is 13.2 Å². The first-order valence-electron chi connectivity index (χ1n) is 12.0. The second-order valence-electron chi connectivity index (χ2n) is 9.43. The van der Waals surface area contributed by atoms with Crippen molar-refractivity contribution in [1.29, 1.82) is 0 Å². The third-order valence-electron chi connectivity index (χ3n) is 6.73. The minimum Gasteiger partial charge on any atom is -0.371 e. The van der Waals surface area contributed by atoms with Crippen LogP contribution in [0, 0.1) is 12.8 Å².